The smallest absolute Gasteiger partial charge is 0.146 e. The Hall–Kier alpha value is -0.0851. The summed E-state index contributed by atoms with van der Waals surface area (Å²) < 4.78 is 17.9. The summed E-state index contributed by atoms with van der Waals surface area (Å²) in [5.41, 5.74) is 0. The Morgan fingerprint density at radius 3 is 2.50 bits per heavy atom. The van der Waals surface area contributed by atoms with Crippen molar-refractivity contribution in [2.75, 3.05) is 0 Å². The molecule has 0 aromatic rings. The highest BCUT2D eigenvalue weighted by Crippen LogP contribution is 2.23. The Kier molecular flexibility index (Phi) is 2.31. The van der Waals surface area contributed by atoms with Gasteiger partial charge in [-0.2, -0.15) is 0 Å². The Bertz CT molecular complexity index is 122. The van der Waals surface area contributed by atoms with Crippen molar-refractivity contribution in [3.63, 3.8) is 0 Å². The molecule has 2 nitrogen and oxygen atoms in total. The van der Waals surface area contributed by atoms with Gasteiger partial charge in [-0.15, -0.1) is 0 Å². The van der Waals surface area contributed by atoms with Gasteiger partial charge in [-0.05, 0) is 6.42 Å². The van der Waals surface area contributed by atoms with Gasteiger partial charge in [0.25, 0.3) is 0 Å². The summed E-state index contributed by atoms with van der Waals surface area (Å²) in [7, 11) is 1.64. The van der Waals surface area contributed by atoms with E-state index in [1.807, 2.05) is 6.92 Å². The molecular formula is C6H12BFO2. The van der Waals surface area contributed by atoms with E-state index in [2.05, 4.69) is 0 Å². The summed E-state index contributed by atoms with van der Waals surface area (Å²) >= 11 is 0. The SMILES string of the molecule is B[C@@H]1O[C@H](CC)[C@H](O)C1F. The van der Waals surface area contributed by atoms with Gasteiger partial charge in [-0.25, -0.2) is 4.39 Å². The van der Waals surface area contributed by atoms with E-state index in [1.165, 1.54) is 0 Å². The molecule has 58 valence electrons. The zero-order valence-corrected chi connectivity index (χ0v) is 6.25. The molecule has 0 spiro atoms. The second-order valence-corrected chi connectivity index (χ2v) is 2.72. The maximum absolute atomic E-state index is 12.8. The van der Waals surface area contributed by atoms with Crippen molar-refractivity contribution in [2.24, 2.45) is 0 Å². The van der Waals surface area contributed by atoms with Gasteiger partial charge in [-0.1, -0.05) is 6.92 Å². The van der Waals surface area contributed by atoms with Crippen LogP contribution in [0.15, 0.2) is 0 Å². The van der Waals surface area contributed by atoms with Gasteiger partial charge in [0.1, 0.15) is 20.1 Å². The third kappa shape index (κ3) is 1.18. The number of rotatable bonds is 1. The van der Waals surface area contributed by atoms with Crippen LogP contribution in [-0.2, 0) is 4.74 Å². The molecule has 1 fully saturated rings. The van der Waals surface area contributed by atoms with Crippen LogP contribution >= 0.6 is 0 Å². The lowest BCUT2D eigenvalue weighted by molar-refractivity contribution is 0.0283. The number of ether oxygens (including phenoxy) is 1. The molecule has 0 aromatic carbocycles. The summed E-state index contributed by atoms with van der Waals surface area (Å²) in [6.07, 6.45) is -1.75. The number of hydrogen-bond donors (Lipinski definition) is 1. The number of alkyl halides is 1. The van der Waals surface area contributed by atoms with Gasteiger partial charge >= 0.3 is 0 Å². The number of aliphatic hydroxyl groups is 1. The van der Waals surface area contributed by atoms with Crippen molar-refractivity contribution in [2.45, 2.75) is 37.7 Å². The van der Waals surface area contributed by atoms with E-state index in [4.69, 9.17) is 9.84 Å². The Labute approximate surface area is 60.8 Å². The molecule has 0 amide bonds. The van der Waals surface area contributed by atoms with Crippen LogP contribution in [0.4, 0.5) is 4.39 Å². The van der Waals surface area contributed by atoms with Gasteiger partial charge in [0.05, 0.1) is 12.1 Å². The maximum Gasteiger partial charge on any atom is 0.146 e. The average Bonchev–Trinajstić information content (AvgIpc) is 2.17. The molecular weight excluding hydrogens is 134 g/mol. The fourth-order valence-corrected chi connectivity index (χ4v) is 1.25. The van der Waals surface area contributed by atoms with Crippen molar-refractivity contribution in [3.8, 4) is 0 Å². The van der Waals surface area contributed by atoms with Crippen LogP contribution in [0.1, 0.15) is 13.3 Å². The summed E-state index contributed by atoms with van der Waals surface area (Å²) in [5, 5.41) is 9.13. The molecule has 1 heterocycles. The maximum atomic E-state index is 12.8. The first-order valence-corrected chi connectivity index (χ1v) is 3.64. The van der Waals surface area contributed by atoms with Crippen molar-refractivity contribution >= 4 is 7.85 Å². The second kappa shape index (κ2) is 2.88. The molecule has 0 bridgehead atoms. The monoisotopic (exact) mass is 146 g/mol. The molecule has 10 heavy (non-hydrogen) atoms. The Balaban J connectivity index is 2.53. The molecule has 1 rings (SSSR count). The van der Waals surface area contributed by atoms with Crippen molar-refractivity contribution in [1.82, 2.24) is 0 Å². The van der Waals surface area contributed by atoms with Gasteiger partial charge < -0.3 is 9.84 Å². The van der Waals surface area contributed by atoms with Crippen LogP contribution in [0.5, 0.6) is 0 Å². The van der Waals surface area contributed by atoms with Crippen LogP contribution in [0, 0.1) is 0 Å². The third-order valence-electron chi connectivity index (χ3n) is 1.95. The lowest BCUT2D eigenvalue weighted by atomic mass is 9.94. The molecule has 1 unspecified atom stereocenters. The van der Waals surface area contributed by atoms with Crippen molar-refractivity contribution in [3.05, 3.63) is 0 Å². The largest absolute Gasteiger partial charge is 0.387 e. The first-order chi connectivity index (χ1) is 4.66. The van der Waals surface area contributed by atoms with Gasteiger partial charge in [0, 0.05) is 0 Å². The Morgan fingerprint density at radius 1 is 1.70 bits per heavy atom. The van der Waals surface area contributed by atoms with E-state index < -0.39 is 18.3 Å². The summed E-state index contributed by atoms with van der Waals surface area (Å²) in [6, 6.07) is -0.444. The molecule has 1 aliphatic heterocycles. The van der Waals surface area contributed by atoms with E-state index in [0.717, 1.165) is 0 Å². The van der Waals surface area contributed by atoms with E-state index >= 15 is 0 Å². The zero-order valence-electron chi connectivity index (χ0n) is 6.25. The van der Waals surface area contributed by atoms with Gasteiger partial charge in [-0.3, -0.25) is 0 Å². The van der Waals surface area contributed by atoms with E-state index in [1.54, 1.807) is 7.85 Å². The molecule has 4 atom stereocenters. The lowest BCUT2D eigenvalue weighted by Crippen LogP contribution is -2.28. The van der Waals surface area contributed by atoms with Crippen LogP contribution in [0.3, 0.4) is 0 Å². The van der Waals surface area contributed by atoms with Crippen LogP contribution in [0.2, 0.25) is 0 Å². The normalized spacial score (nSPS) is 47.9. The fraction of sp³-hybridized carbons (Fsp3) is 1.00. The molecule has 0 saturated carbocycles. The minimum Gasteiger partial charge on any atom is -0.387 e. The zero-order chi connectivity index (χ0) is 7.72. The molecule has 1 N–H and O–H groups in total. The quantitative estimate of drug-likeness (QED) is 0.503. The molecule has 0 aliphatic carbocycles. The van der Waals surface area contributed by atoms with Crippen LogP contribution in [0.25, 0.3) is 0 Å². The first-order valence-electron chi connectivity index (χ1n) is 3.64. The number of aliphatic hydroxyl groups excluding tert-OH is 1. The van der Waals surface area contributed by atoms with Gasteiger partial charge in [0.2, 0.25) is 0 Å². The highest BCUT2D eigenvalue weighted by molar-refractivity contribution is 6.11. The summed E-state index contributed by atoms with van der Waals surface area (Å²) in [4.78, 5) is 0. The predicted octanol–water partition coefficient (Wildman–Crippen LogP) is -0.547. The van der Waals surface area contributed by atoms with Crippen LogP contribution in [-0.4, -0.2) is 37.3 Å². The van der Waals surface area contributed by atoms with Crippen molar-refractivity contribution < 1.29 is 14.2 Å². The molecule has 4 heteroatoms. The Morgan fingerprint density at radius 2 is 2.30 bits per heavy atom. The van der Waals surface area contributed by atoms with Crippen LogP contribution < -0.4 is 0 Å². The first kappa shape index (κ1) is 8.02. The second-order valence-electron chi connectivity index (χ2n) is 2.72. The fourth-order valence-electron chi connectivity index (χ4n) is 1.25. The summed E-state index contributed by atoms with van der Waals surface area (Å²) in [5.74, 6) is 0. The van der Waals surface area contributed by atoms with Crippen molar-refractivity contribution in [1.29, 1.82) is 0 Å². The molecule has 0 aromatic heterocycles. The van der Waals surface area contributed by atoms with E-state index in [-0.39, 0.29) is 6.10 Å². The predicted molar refractivity (Wildman–Crippen MR) is 38.4 cm³/mol. The highest BCUT2D eigenvalue weighted by Gasteiger charge is 2.39. The number of hydrogen-bond acceptors (Lipinski definition) is 2. The standard InChI is InChI=1S/C6H12BFO2/c1-2-3-5(9)4(8)6(7)10-3/h3-6,9H,2,7H2,1H3/t3-,4?,5+,6-/m1/s1. The number of halogens is 1. The van der Waals surface area contributed by atoms with Gasteiger partial charge in [0.15, 0.2) is 0 Å². The minimum absolute atomic E-state index is 0.301. The summed E-state index contributed by atoms with van der Waals surface area (Å²) in [6.45, 7) is 1.87. The van der Waals surface area contributed by atoms with E-state index in [0.29, 0.717) is 6.42 Å². The highest BCUT2D eigenvalue weighted by atomic mass is 19.1. The van der Waals surface area contributed by atoms with E-state index in [9.17, 15) is 4.39 Å². The average molecular weight is 146 g/mol. The lowest BCUT2D eigenvalue weighted by Gasteiger charge is -2.10. The molecule has 0 radical (unpaired) electrons. The minimum atomic E-state index is -1.20. The third-order valence-corrected chi connectivity index (χ3v) is 1.95. The molecule has 1 saturated heterocycles. The molecule has 1 aliphatic rings. The topological polar surface area (TPSA) is 29.5 Å².